The van der Waals surface area contributed by atoms with Gasteiger partial charge in [-0.1, -0.05) is 6.07 Å². The van der Waals surface area contributed by atoms with E-state index in [0.29, 0.717) is 11.3 Å². The van der Waals surface area contributed by atoms with Crippen LogP contribution in [0.3, 0.4) is 0 Å². The van der Waals surface area contributed by atoms with E-state index in [2.05, 4.69) is 10.6 Å². The first-order chi connectivity index (χ1) is 9.39. The van der Waals surface area contributed by atoms with Crippen molar-refractivity contribution < 1.29 is 13.2 Å². The minimum Gasteiger partial charge on any atom is -0.326 e. The van der Waals surface area contributed by atoms with Gasteiger partial charge in [-0.05, 0) is 50.6 Å². The first-order valence-electron chi connectivity index (χ1n) is 6.53. The fourth-order valence-corrected chi connectivity index (χ4v) is 3.18. The van der Waals surface area contributed by atoms with Gasteiger partial charge in [0.2, 0.25) is 15.9 Å². The maximum Gasteiger partial charge on any atom is 0.238 e. The molecular formula is C13H19N3O3S. The van der Waals surface area contributed by atoms with Crippen LogP contribution < -0.4 is 15.8 Å². The summed E-state index contributed by atoms with van der Waals surface area (Å²) in [6.07, 6.45) is 1.58. The molecule has 0 aliphatic carbocycles. The number of nitrogens with two attached hydrogens (primary N) is 1. The van der Waals surface area contributed by atoms with E-state index >= 15 is 0 Å². The summed E-state index contributed by atoms with van der Waals surface area (Å²) in [6.45, 7) is 3.29. The number of primary sulfonamides is 1. The molecule has 1 heterocycles. The summed E-state index contributed by atoms with van der Waals surface area (Å²) in [6, 6.07) is 4.69. The highest BCUT2D eigenvalue weighted by Crippen LogP contribution is 2.23. The average molecular weight is 297 g/mol. The third-order valence-electron chi connectivity index (χ3n) is 3.56. The van der Waals surface area contributed by atoms with E-state index in [9.17, 15) is 13.2 Å². The molecule has 0 atom stereocenters. The molecule has 0 spiro atoms. The van der Waals surface area contributed by atoms with E-state index in [-0.39, 0.29) is 16.7 Å². The van der Waals surface area contributed by atoms with Gasteiger partial charge in [0.15, 0.2) is 0 Å². The number of anilines is 1. The summed E-state index contributed by atoms with van der Waals surface area (Å²) in [5.41, 5.74) is 0.970. The smallest absolute Gasteiger partial charge is 0.238 e. The number of piperidine rings is 1. The molecule has 6 nitrogen and oxygen atoms in total. The monoisotopic (exact) mass is 297 g/mol. The summed E-state index contributed by atoms with van der Waals surface area (Å²) in [7, 11) is -3.78. The maximum atomic E-state index is 12.2. The van der Waals surface area contributed by atoms with Crippen LogP contribution in [-0.4, -0.2) is 27.4 Å². The van der Waals surface area contributed by atoms with Gasteiger partial charge < -0.3 is 10.6 Å². The number of carbonyl (C=O) groups is 1. The molecule has 1 aliphatic rings. The van der Waals surface area contributed by atoms with E-state index in [4.69, 9.17) is 5.14 Å². The molecular weight excluding hydrogens is 278 g/mol. The maximum absolute atomic E-state index is 12.2. The lowest BCUT2D eigenvalue weighted by Crippen LogP contribution is -2.34. The van der Waals surface area contributed by atoms with E-state index < -0.39 is 10.0 Å². The molecule has 0 aromatic heterocycles. The number of benzene rings is 1. The van der Waals surface area contributed by atoms with Gasteiger partial charge in [0, 0.05) is 11.6 Å². The second-order valence-electron chi connectivity index (χ2n) is 4.99. The SMILES string of the molecule is Cc1c(NC(=O)C2CCNCC2)cccc1S(N)(=O)=O. The number of nitrogens with one attached hydrogen (secondary N) is 2. The molecule has 1 amide bonds. The minimum absolute atomic E-state index is 0.0335. The van der Waals surface area contributed by atoms with Crippen molar-refractivity contribution >= 4 is 21.6 Å². The number of hydrogen-bond donors (Lipinski definition) is 3. The quantitative estimate of drug-likeness (QED) is 0.759. The molecule has 2 rings (SSSR count). The summed E-state index contributed by atoms with van der Waals surface area (Å²) >= 11 is 0. The van der Waals surface area contributed by atoms with Crippen LogP contribution in [0, 0.1) is 12.8 Å². The fraction of sp³-hybridized carbons (Fsp3) is 0.462. The van der Waals surface area contributed by atoms with Crippen LogP contribution in [0.2, 0.25) is 0 Å². The summed E-state index contributed by atoms with van der Waals surface area (Å²) in [5.74, 6) is -0.102. The van der Waals surface area contributed by atoms with Crippen LogP contribution >= 0.6 is 0 Å². The van der Waals surface area contributed by atoms with Crippen LogP contribution in [0.4, 0.5) is 5.69 Å². The molecule has 110 valence electrons. The van der Waals surface area contributed by atoms with E-state index in [0.717, 1.165) is 25.9 Å². The second-order valence-corrected chi connectivity index (χ2v) is 6.52. The molecule has 20 heavy (non-hydrogen) atoms. The highest BCUT2D eigenvalue weighted by atomic mass is 32.2. The van der Waals surface area contributed by atoms with Gasteiger partial charge >= 0.3 is 0 Å². The van der Waals surface area contributed by atoms with Crippen molar-refractivity contribution in [3.8, 4) is 0 Å². The van der Waals surface area contributed by atoms with Gasteiger partial charge in [0.1, 0.15) is 0 Å². The van der Waals surface area contributed by atoms with Crippen LogP contribution in [0.25, 0.3) is 0 Å². The molecule has 4 N–H and O–H groups in total. The van der Waals surface area contributed by atoms with Gasteiger partial charge in [0.05, 0.1) is 4.90 Å². The zero-order valence-electron chi connectivity index (χ0n) is 11.3. The van der Waals surface area contributed by atoms with Crippen molar-refractivity contribution in [3.05, 3.63) is 23.8 Å². The molecule has 0 unspecified atom stereocenters. The van der Waals surface area contributed by atoms with Crippen molar-refractivity contribution in [2.75, 3.05) is 18.4 Å². The lowest BCUT2D eigenvalue weighted by molar-refractivity contribution is -0.120. The Kier molecular flexibility index (Phi) is 4.42. The van der Waals surface area contributed by atoms with Crippen LogP contribution in [0.1, 0.15) is 18.4 Å². The Morgan fingerprint density at radius 3 is 2.60 bits per heavy atom. The normalized spacial score (nSPS) is 16.9. The van der Waals surface area contributed by atoms with E-state index in [1.165, 1.54) is 6.07 Å². The Bertz CT molecular complexity index is 607. The highest BCUT2D eigenvalue weighted by molar-refractivity contribution is 7.89. The first-order valence-corrected chi connectivity index (χ1v) is 8.08. The molecule has 1 aromatic rings. The summed E-state index contributed by atoms with van der Waals surface area (Å²) < 4.78 is 22.9. The van der Waals surface area contributed by atoms with E-state index in [1.54, 1.807) is 19.1 Å². The molecule has 0 bridgehead atoms. The van der Waals surface area contributed by atoms with E-state index in [1.807, 2.05) is 0 Å². The van der Waals surface area contributed by atoms with Gasteiger partial charge in [-0.2, -0.15) is 0 Å². The molecule has 1 fully saturated rings. The first kappa shape index (κ1) is 15.0. The Morgan fingerprint density at radius 2 is 2.00 bits per heavy atom. The zero-order chi connectivity index (χ0) is 14.8. The minimum atomic E-state index is -3.78. The van der Waals surface area contributed by atoms with Gasteiger partial charge in [-0.15, -0.1) is 0 Å². The largest absolute Gasteiger partial charge is 0.326 e. The topological polar surface area (TPSA) is 101 Å². The summed E-state index contributed by atoms with van der Waals surface area (Å²) in [4.78, 5) is 12.2. The lowest BCUT2D eigenvalue weighted by atomic mass is 9.97. The van der Waals surface area contributed by atoms with Gasteiger partial charge in [-0.3, -0.25) is 4.79 Å². The van der Waals surface area contributed by atoms with Crippen molar-refractivity contribution in [2.45, 2.75) is 24.7 Å². The van der Waals surface area contributed by atoms with Crippen LogP contribution in [-0.2, 0) is 14.8 Å². The number of hydrogen-bond acceptors (Lipinski definition) is 4. The molecule has 7 heteroatoms. The standard InChI is InChI=1S/C13H19N3O3S/c1-9-11(3-2-4-12(9)20(14,18)19)16-13(17)10-5-7-15-8-6-10/h2-4,10,15H,5-8H2,1H3,(H,16,17)(H2,14,18,19). The predicted molar refractivity (Wildman–Crippen MR) is 76.8 cm³/mol. The van der Waals surface area contributed by atoms with Gasteiger partial charge in [-0.25, -0.2) is 13.6 Å². The van der Waals surface area contributed by atoms with Crippen LogP contribution in [0.15, 0.2) is 23.1 Å². The second kappa shape index (κ2) is 5.90. The fourth-order valence-electron chi connectivity index (χ4n) is 2.38. The zero-order valence-corrected chi connectivity index (χ0v) is 12.2. The summed E-state index contributed by atoms with van der Waals surface area (Å²) in [5, 5.41) is 11.2. The molecule has 1 aliphatic heterocycles. The Hall–Kier alpha value is -1.44. The highest BCUT2D eigenvalue weighted by Gasteiger charge is 2.22. The van der Waals surface area contributed by atoms with Gasteiger partial charge in [0.25, 0.3) is 0 Å². The number of rotatable bonds is 3. The number of amides is 1. The Balaban J connectivity index is 2.19. The van der Waals surface area contributed by atoms with Crippen molar-refractivity contribution in [1.82, 2.24) is 5.32 Å². The number of carbonyl (C=O) groups excluding carboxylic acids is 1. The van der Waals surface area contributed by atoms with Crippen LogP contribution in [0.5, 0.6) is 0 Å². The predicted octanol–water partition coefficient (Wildman–Crippen LogP) is 0.581. The molecule has 1 saturated heterocycles. The Labute approximate surface area is 118 Å². The van der Waals surface area contributed by atoms with Crippen molar-refractivity contribution in [3.63, 3.8) is 0 Å². The van der Waals surface area contributed by atoms with Crippen molar-refractivity contribution in [1.29, 1.82) is 0 Å². The average Bonchev–Trinajstić information content (AvgIpc) is 2.40. The molecule has 0 radical (unpaired) electrons. The third-order valence-corrected chi connectivity index (χ3v) is 4.61. The molecule has 0 saturated carbocycles. The lowest BCUT2D eigenvalue weighted by Gasteiger charge is -2.22. The third kappa shape index (κ3) is 3.36. The van der Waals surface area contributed by atoms with Crippen molar-refractivity contribution in [2.24, 2.45) is 11.1 Å². The Morgan fingerprint density at radius 1 is 1.35 bits per heavy atom. The molecule has 1 aromatic carbocycles. The number of sulfonamides is 1.